The number of benzene rings is 2. The molecule has 1 heterocycles. The normalized spacial score (nSPS) is 12.2. The van der Waals surface area contributed by atoms with Crippen molar-refractivity contribution in [1.29, 1.82) is 0 Å². The highest BCUT2D eigenvalue weighted by atomic mass is 19.1. The number of fused-ring (bicyclic) bond motifs is 1. The summed E-state index contributed by atoms with van der Waals surface area (Å²) < 4.78 is 22.3. The highest BCUT2D eigenvalue weighted by molar-refractivity contribution is 5.96. The Bertz CT molecular complexity index is 1020. The molecule has 136 valence electrons. The maximum Gasteiger partial charge on any atom is 0.328 e. The molecule has 0 bridgehead atoms. The van der Waals surface area contributed by atoms with Crippen LogP contribution in [0.15, 0.2) is 47.3 Å². The third kappa shape index (κ3) is 3.20. The van der Waals surface area contributed by atoms with E-state index in [0.717, 1.165) is 5.52 Å². The largest absolute Gasteiger partial charge is 0.478 e. The first kappa shape index (κ1) is 17.7. The van der Waals surface area contributed by atoms with Crippen LogP contribution < -0.4 is 15.7 Å². The van der Waals surface area contributed by atoms with Crippen molar-refractivity contribution >= 4 is 22.6 Å². The molecule has 1 N–H and O–H groups in total. The van der Waals surface area contributed by atoms with Gasteiger partial charge in [0.25, 0.3) is 5.91 Å². The molecule has 0 aliphatic heterocycles. The summed E-state index contributed by atoms with van der Waals surface area (Å²) in [5.74, 6) is -0.856. The fourth-order valence-corrected chi connectivity index (χ4v) is 2.82. The number of carbonyl (C=O) groups is 1. The van der Waals surface area contributed by atoms with Gasteiger partial charge >= 0.3 is 5.69 Å². The van der Waals surface area contributed by atoms with Gasteiger partial charge in [0.05, 0.1) is 11.0 Å². The average Bonchev–Trinajstić information content (AvgIpc) is 2.85. The third-order valence-corrected chi connectivity index (χ3v) is 4.31. The Kier molecular flexibility index (Phi) is 4.79. The fraction of sp³-hybridized carbons (Fsp3) is 0.263. The van der Waals surface area contributed by atoms with Crippen LogP contribution in [0.3, 0.4) is 0 Å². The molecule has 7 heteroatoms. The van der Waals surface area contributed by atoms with Crippen LogP contribution >= 0.6 is 0 Å². The molecule has 1 atom stereocenters. The van der Waals surface area contributed by atoms with E-state index in [9.17, 15) is 14.0 Å². The number of aromatic nitrogens is 2. The van der Waals surface area contributed by atoms with Crippen molar-refractivity contribution in [2.24, 2.45) is 14.1 Å². The molecule has 0 fully saturated rings. The maximum absolute atomic E-state index is 13.7. The number of imidazole rings is 1. The molecule has 6 nitrogen and oxygen atoms in total. The second-order valence-electron chi connectivity index (χ2n) is 6.04. The van der Waals surface area contributed by atoms with Crippen LogP contribution in [-0.4, -0.2) is 21.1 Å². The topological polar surface area (TPSA) is 65.3 Å². The minimum Gasteiger partial charge on any atom is -0.478 e. The Hall–Kier alpha value is -3.09. The molecule has 0 radical (unpaired) electrons. The Balaban J connectivity index is 1.82. The summed E-state index contributed by atoms with van der Waals surface area (Å²) in [7, 11) is 3.37. The predicted octanol–water partition coefficient (Wildman–Crippen LogP) is 2.81. The number of anilines is 1. The molecule has 3 rings (SSSR count). The summed E-state index contributed by atoms with van der Waals surface area (Å²) in [4.78, 5) is 24.5. The number of hydrogen-bond donors (Lipinski definition) is 1. The highest BCUT2D eigenvalue weighted by Crippen LogP contribution is 2.21. The van der Waals surface area contributed by atoms with Gasteiger partial charge in [0.15, 0.2) is 17.7 Å². The molecule has 0 saturated heterocycles. The predicted molar refractivity (Wildman–Crippen MR) is 97.9 cm³/mol. The van der Waals surface area contributed by atoms with Gasteiger partial charge in [-0.3, -0.25) is 13.9 Å². The molecule has 0 aliphatic rings. The lowest BCUT2D eigenvalue weighted by atomic mass is 10.2. The van der Waals surface area contributed by atoms with Crippen LogP contribution in [0.25, 0.3) is 11.0 Å². The minimum absolute atomic E-state index is 0.0374. The first-order valence-corrected chi connectivity index (χ1v) is 8.30. The minimum atomic E-state index is -0.831. The van der Waals surface area contributed by atoms with E-state index in [0.29, 0.717) is 17.6 Å². The first-order chi connectivity index (χ1) is 12.4. The summed E-state index contributed by atoms with van der Waals surface area (Å²) in [5, 5.41) is 2.77. The zero-order chi connectivity index (χ0) is 18.8. The van der Waals surface area contributed by atoms with E-state index < -0.39 is 11.9 Å². The van der Waals surface area contributed by atoms with Crippen molar-refractivity contribution in [3.05, 3.63) is 58.8 Å². The van der Waals surface area contributed by atoms with Crippen LogP contribution in [0.5, 0.6) is 5.75 Å². The lowest BCUT2D eigenvalue weighted by Crippen LogP contribution is -2.32. The highest BCUT2D eigenvalue weighted by Gasteiger charge is 2.20. The van der Waals surface area contributed by atoms with Crippen molar-refractivity contribution in [3.63, 3.8) is 0 Å². The van der Waals surface area contributed by atoms with Crippen molar-refractivity contribution in [1.82, 2.24) is 9.13 Å². The molecule has 1 aromatic heterocycles. The monoisotopic (exact) mass is 357 g/mol. The number of nitrogens with one attached hydrogen (secondary N) is 1. The molecule has 0 aliphatic carbocycles. The Morgan fingerprint density at radius 1 is 1.15 bits per heavy atom. The van der Waals surface area contributed by atoms with Gasteiger partial charge in [-0.05, 0) is 36.8 Å². The third-order valence-electron chi connectivity index (χ3n) is 4.31. The van der Waals surface area contributed by atoms with Crippen molar-refractivity contribution < 1.29 is 13.9 Å². The Morgan fingerprint density at radius 3 is 2.54 bits per heavy atom. The standard InChI is InChI=1S/C19H20FN3O3/c1-4-16(26-17-8-6-5-7-13(17)20)18(24)21-12-9-10-14-15(11-12)23(3)19(25)22(14)2/h5-11,16H,4H2,1-3H3,(H,21,24)/t16-/m1/s1. The van der Waals surface area contributed by atoms with Gasteiger partial charge in [-0.1, -0.05) is 19.1 Å². The van der Waals surface area contributed by atoms with E-state index in [1.807, 2.05) is 0 Å². The molecule has 0 saturated carbocycles. The van der Waals surface area contributed by atoms with Gasteiger partial charge in [-0.25, -0.2) is 9.18 Å². The average molecular weight is 357 g/mol. The summed E-state index contributed by atoms with van der Waals surface area (Å²) in [6.45, 7) is 1.79. The summed E-state index contributed by atoms with van der Waals surface area (Å²) in [6.07, 6.45) is -0.450. The number of aryl methyl sites for hydroxylation is 2. The molecule has 2 aromatic carbocycles. The van der Waals surface area contributed by atoms with Crippen LogP contribution in [0.2, 0.25) is 0 Å². The molecule has 3 aromatic rings. The van der Waals surface area contributed by atoms with Crippen molar-refractivity contribution in [3.8, 4) is 5.75 Å². The first-order valence-electron chi connectivity index (χ1n) is 8.30. The van der Waals surface area contributed by atoms with Gasteiger partial charge in [-0.2, -0.15) is 0 Å². The SMILES string of the molecule is CC[C@@H](Oc1ccccc1F)C(=O)Nc1ccc2c(c1)n(C)c(=O)n2C. The number of carbonyl (C=O) groups excluding carboxylic acids is 1. The second kappa shape index (κ2) is 7.03. The molecule has 26 heavy (non-hydrogen) atoms. The number of hydrogen-bond acceptors (Lipinski definition) is 3. The van der Waals surface area contributed by atoms with E-state index in [2.05, 4.69) is 5.32 Å². The van der Waals surface area contributed by atoms with Crippen molar-refractivity contribution in [2.75, 3.05) is 5.32 Å². The Morgan fingerprint density at radius 2 is 1.85 bits per heavy atom. The fourth-order valence-electron chi connectivity index (χ4n) is 2.82. The van der Waals surface area contributed by atoms with Crippen molar-refractivity contribution in [2.45, 2.75) is 19.4 Å². The Labute approximate surface area is 149 Å². The zero-order valence-electron chi connectivity index (χ0n) is 14.8. The lowest BCUT2D eigenvalue weighted by molar-refractivity contribution is -0.122. The van der Waals surface area contributed by atoms with E-state index in [1.54, 1.807) is 51.4 Å². The molecule has 0 spiro atoms. The summed E-state index contributed by atoms with van der Waals surface area (Å²) in [6, 6.07) is 11.2. The van der Waals surface area contributed by atoms with E-state index in [4.69, 9.17) is 4.74 Å². The summed E-state index contributed by atoms with van der Waals surface area (Å²) in [5.41, 5.74) is 1.88. The lowest BCUT2D eigenvalue weighted by Gasteiger charge is -2.17. The number of rotatable bonds is 5. The molecular formula is C19H20FN3O3. The van der Waals surface area contributed by atoms with Crippen LogP contribution in [0.1, 0.15) is 13.3 Å². The van der Waals surface area contributed by atoms with Gasteiger partial charge in [-0.15, -0.1) is 0 Å². The van der Waals surface area contributed by atoms with Gasteiger partial charge in [0.2, 0.25) is 0 Å². The van der Waals surface area contributed by atoms with Gasteiger partial charge < -0.3 is 10.1 Å². The second-order valence-corrected chi connectivity index (χ2v) is 6.04. The number of ether oxygens (including phenoxy) is 1. The van der Waals surface area contributed by atoms with Gasteiger partial charge in [0, 0.05) is 19.8 Å². The zero-order valence-corrected chi connectivity index (χ0v) is 14.8. The number of amides is 1. The number of nitrogens with zero attached hydrogens (tertiary/aromatic N) is 2. The molecule has 1 amide bonds. The quantitative estimate of drug-likeness (QED) is 0.764. The van der Waals surface area contributed by atoms with E-state index >= 15 is 0 Å². The molecule has 0 unspecified atom stereocenters. The van der Waals surface area contributed by atoms with Gasteiger partial charge in [0.1, 0.15) is 0 Å². The smallest absolute Gasteiger partial charge is 0.328 e. The number of para-hydroxylation sites is 1. The van der Waals surface area contributed by atoms with E-state index in [-0.39, 0.29) is 17.3 Å². The maximum atomic E-state index is 13.7. The number of halogens is 1. The van der Waals surface area contributed by atoms with Crippen LogP contribution in [-0.2, 0) is 18.9 Å². The van der Waals surface area contributed by atoms with Crippen LogP contribution in [0.4, 0.5) is 10.1 Å². The van der Waals surface area contributed by atoms with E-state index in [1.165, 1.54) is 21.3 Å². The summed E-state index contributed by atoms with van der Waals surface area (Å²) >= 11 is 0. The molecular weight excluding hydrogens is 337 g/mol. The van der Waals surface area contributed by atoms with Crippen LogP contribution in [0, 0.1) is 5.82 Å².